The Kier molecular flexibility index (Phi) is 8.56. The first-order chi connectivity index (χ1) is 9.67. The number of rotatable bonds is 10. The maximum absolute atomic E-state index is 3.49. The van der Waals surface area contributed by atoms with E-state index in [1.165, 1.54) is 30.5 Å². The van der Waals surface area contributed by atoms with Crippen molar-refractivity contribution in [1.29, 1.82) is 0 Å². The Morgan fingerprint density at radius 1 is 1.10 bits per heavy atom. The highest BCUT2D eigenvalue weighted by Crippen LogP contribution is 2.13. The van der Waals surface area contributed by atoms with Crippen molar-refractivity contribution in [2.45, 2.75) is 46.6 Å². The summed E-state index contributed by atoms with van der Waals surface area (Å²) < 4.78 is 0. The van der Waals surface area contributed by atoms with E-state index in [0.29, 0.717) is 0 Å². The zero-order valence-electron chi connectivity index (χ0n) is 13.8. The lowest BCUT2D eigenvalue weighted by molar-refractivity contribution is 0.274. The fourth-order valence-corrected chi connectivity index (χ4v) is 2.50. The molecule has 1 aromatic rings. The summed E-state index contributed by atoms with van der Waals surface area (Å²) in [5.41, 5.74) is 2.98. The second-order valence-electron chi connectivity index (χ2n) is 5.98. The minimum atomic E-state index is 0.776. The molecule has 114 valence electrons. The quantitative estimate of drug-likeness (QED) is 0.655. The molecule has 0 fully saturated rings. The van der Waals surface area contributed by atoms with E-state index in [-0.39, 0.29) is 0 Å². The van der Waals surface area contributed by atoms with Gasteiger partial charge in [0.2, 0.25) is 0 Å². The number of nitrogens with one attached hydrogen (secondary N) is 1. The van der Waals surface area contributed by atoms with Crippen molar-refractivity contribution in [2.24, 2.45) is 5.92 Å². The molecule has 0 saturated carbocycles. The van der Waals surface area contributed by atoms with Crippen LogP contribution in [-0.2, 0) is 13.0 Å². The lowest BCUT2D eigenvalue weighted by Crippen LogP contribution is -2.25. The first-order valence-electron chi connectivity index (χ1n) is 8.13. The second kappa shape index (κ2) is 9.95. The third-order valence-electron chi connectivity index (χ3n) is 3.88. The van der Waals surface area contributed by atoms with Crippen LogP contribution in [-0.4, -0.2) is 31.6 Å². The van der Waals surface area contributed by atoms with Gasteiger partial charge in [-0.15, -0.1) is 0 Å². The highest BCUT2D eigenvalue weighted by atomic mass is 15.1. The Balaban J connectivity index is 2.51. The number of benzene rings is 1. The molecular weight excluding hydrogens is 244 g/mol. The van der Waals surface area contributed by atoms with E-state index >= 15 is 0 Å². The molecule has 0 aliphatic heterocycles. The molecule has 1 rings (SSSR count). The molecule has 0 amide bonds. The van der Waals surface area contributed by atoms with Crippen LogP contribution in [0.3, 0.4) is 0 Å². The van der Waals surface area contributed by atoms with Crippen molar-refractivity contribution in [1.82, 2.24) is 10.2 Å². The van der Waals surface area contributed by atoms with Gasteiger partial charge < -0.3 is 10.2 Å². The van der Waals surface area contributed by atoms with Crippen molar-refractivity contribution in [3.63, 3.8) is 0 Å². The highest BCUT2D eigenvalue weighted by Gasteiger charge is 2.08. The van der Waals surface area contributed by atoms with Gasteiger partial charge in [-0.25, -0.2) is 0 Å². The average molecular weight is 276 g/mol. The van der Waals surface area contributed by atoms with Crippen LogP contribution in [0, 0.1) is 5.92 Å². The smallest absolute Gasteiger partial charge is 0.0233 e. The molecular formula is C18H32N2. The molecule has 0 aliphatic rings. The van der Waals surface area contributed by atoms with Gasteiger partial charge in [0.25, 0.3) is 0 Å². The maximum Gasteiger partial charge on any atom is 0.0233 e. The molecule has 2 heteroatoms. The van der Waals surface area contributed by atoms with Gasteiger partial charge in [-0.05, 0) is 50.0 Å². The third kappa shape index (κ3) is 6.53. The van der Waals surface area contributed by atoms with Gasteiger partial charge in [0, 0.05) is 13.1 Å². The average Bonchev–Trinajstić information content (AvgIpc) is 2.45. The van der Waals surface area contributed by atoms with Crippen molar-refractivity contribution in [3.05, 3.63) is 35.4 Å². The molecule has 1 unspecified atom stereocenters. The SMILES string of the molecule is CCCNCCc1ccccc1CN(C)CC(C)CC. The fraction of sp³-hybridized carbons (Fsp3) is 0.667. The normalized spacial score (nSPS) is 12.8. The van der Waals surface area contributed by atoms with Crippen LogP contribution in [0.1, 0.15) is 44.7 Å². The molecule has 1 aromatic carbocycles. The Hall–Kier alpha value is -0.860. The summed E-state index contributed by atoms with van der Waals surface area (Å²) in [6, 6.07) is 8.88. The van der Waals surface area contributed by atoms with E-state index in [1.54, 1.807) is 0 Å². The topological polar surface area (TPSA) is 15.3 Å². The van der Waals surface area contributed by atoms with Crippen LogP contribution < -0.4 is 5.32 Å². The van der Waals surface area contributed by atoms with Crippen LogP contribution in [0.2, 0.25) is 0 Å². The summed E-state index contributed by atoms with van der Waals surface area (Å²) in [6.45, 7) is 11.3. The maximum atomic E-state index is 3.49. The van der Waals surface area contributed by atoms with Gasteiger partial charge in [0.15, 0.2) is 0 Å². The summed E-state index contributed by atoms with van der Waals surface area (Å²) in [5, 5.41) is 3.49. The lowest BCUT2D eigenvalue weighted by atomic mass is 10.0. The molecule has 0 saturated heterocycles. The summed E-state index contributed by atoms with van der Waals surface area (Å²) in [7, 11) is 2.23. The van der Waals surface area contributed by atoms with Crippen LogP contribution in [0.25, 0.3) is 0 Å². The predicted molar refractivity (Wildman–Crippen MR) is 89.1 cm³/mol. The molecule has 20 heavy (non-hydrogen) atoms. The molecule has 1 N–H and O–H groups in total. The van der Waals surface area contributed by atoms with E-state index < -0.39 is 0 Å². The summed E-state index contributed by atoms with van der Waals surface area (Å²) in [6.07, 6.45) is 3.60. The van der Waals surface area contributed by atoms with Gasteiger partial charge in [0.05, 0.1) is 0 Å². The fourth-order valence-electron chi connectivity index (χ4n) is 2.50. The van der Waals surface area contributed by atoms with Crippen molar-refractivity contribution in [2.75, 3.05) is 26.7 Å². The Morgan fingerprint density at radius 3 is 2.45 bits per heavy atom. The number of hydrogen-bond donors (Lipinski definition) is 1. The molecule has 0 radical (unpaired) electrons. The lowest BCUT2D eigenvalue weighted by Gasteiger charge is -2.22. The van der Waals surface area contributed by atoms with E-state index in [2.05, 4.69) is 62.3 Å². The minimum absolute atomic E-state index is 0.776. The highest BCUT2D eigenvalue weighted by molar-refractivity contribution is 5.27. The van der Waals surface area contributed by atoms with Crippen molar-refractivity contribution in [3.8, 4) is 0 Å². The van der Waals surface area contributed by atoms with Crippen molar-refractivity contribution >= 4 is 0 Å². The van der Waals surface area contributed by atoms with E-state index in [9.17, 15) is 0 Å². The monoisotopic (exact) mass is 276 g/mol. The molecule has 0 spiro atoms. The molecule has 0 aromatic heterocycles. The van der Waals surface area contributed by atoms with E-state index in [1.807, 2.05) is 0 Å². The largest absolute Gasteiger partial charge is 0.316 e. The molecule has 2 nitrogen and oxygen atoms in total. The molecule has 0 heterocycles. The van der Waals surface area contributed by atoms with Gasteiger partial charge in [0.1, 0.15) is 0 Å². The number of nitrogens with zero attached hydrogens (tertiary/aromatic N) is 1. The zero-order chi connectivity index (χ0) is 14.8. The summed E-state index contributed by atoms with van der Waals surface area (Å²) in [5.74, 6) is 0.776. The van der Waals surface area contributed by atoms with Crippen molar-refractivity contribution < 1.29 is 0 Å². The Labute approximate surface area is 125 Å². The van der Waals surface area contributed by atoms with Gasteiger partial charge in [-0.1, -0.05) is 51.5 Å². The zero-order valence-corrected chi connectivity index (χ0v) is 13.8. The van der Waals surface area contributed by atoms with Gasteiger partial charge in [-0.2, -0.15) is 0 Å². The molecule has 0 aliphatic carbocycles. The van der Waals surface area contributed by atoms with Crippen LogP contribution >= 0.6 is 0 Å². The van der Waals surface area contributed by atoms with Gasteiger partial charge >= 0.3 is 0 Å². The number of hydrogen-bond acceptors (Lipinski definition) is 2. The van der Waals surface area contributed by atoms with Crippen LogP contribution in [0.15, 0.2) is 24.3 Å². The standard InChI is InChI=1S/C18H32N2/c1-5-12-19-13-11-17-9-7-8-10-18(17)15-20(4)14-16(3)6-2/h7-10,16,19H,5-6,11-15H2,1-4H3. The third-order valence-corrected chi connectivity index (χ3v) is 3.88. The van der Waals surface area contributed by atoms with Crippen LogP contribution in [0.4, 0.5) is 0 Å². The van der Waals surface area contributed by atoms with Crippen LogP contribution in [0.5, 0.6) is 0 Å². The summed E-state index contributed by atoms with van der Waals surface area (Å²) in [4.78, 5) is 2.45. The predicted octanol–water partition coefficient (Wildman–Crippen LogP) is 3.71. The molecule has 0 bridgehead atoms. The Morgan fingerprint density at radius 2 is 1.80 bits per heavy atom. The summed E-state index contributed by atoms with van der Waals surface area (Å²) >= 11 is 0. The van der Waals surface area contributed by atoms with E-state index in [0.717, 1.165) is 32.0 Å². The van der Waals surface area contributed by atoms with Gasteiger partial charge in [-0.3, -0.25) is 0 Å². The first kappa shape index (κ1) is 17.2. The molecule has 1 atom stereocenters. The first-order valence-corrected chi connectivity index (χ1v) is 8.13. The van der Waals surface area contributed by atoms with E-state index in [4.69, 9.17) is 0 Å². The minimum Gasteiger partial charge on any atom is -0.316 e. The second-order valence-corrected chi connectivity index (χ2v) is 5.98. The Bertz CT molecular complexity index is 362.